The number of fused-ring (bicyclic) bond motifs is 1. The maximum absolute atomic E-state index is 4.08. The summed E-state index contributed by atoms with van der Waals surface area (Å²) in [6.45, 7) is 6.28. The molecule has 0 aromatic heterocycles. The van der Waals surface area contributed by atoms with Gasteiger partial charge >= 0.3 is 0 Å². The van der Waals surface area contributed by atoms with E-state index in [0.29, 0.717) is 0 Å². The fourth-order valence-corrected chi connectivity index (χ4v) is 2.85. The second-order valence-electron chi connectivity index (χ2n) is 5.30. The topological polar surface area (TPSA) is 12.0 Å². The number of benzene rings is 1. The molecule has 2 aliphatic rings. The van der Waals surface area contributed by atoms with Crippen LogP contribution >= 0.6 is 0 Å². The summed E-state index contributed by atoms with van der Waals surface area (Å²) in [6.07, 6.45) is 9.01. The summed E-state index contributed by atoms with van der Waals surface area (Å²) in [6, 6.07) is 6.58. The van der Waals surface area contributed by atoms with Crippen LogP contribution in [0.4, 0.5) is 5.69 Å². The van der Waals surface area contributed by atoms with Gasteiger partial charge in [-0.25, -0.2) is 0 Å². The fourth-order valence-electron chi connectivity index (χ4n) is 2.85. The summed E-state index contributed by atoms with van der Waals surface area (Å²) in [4.78, 5) is 0. The van der Waals surface area contributed by atoms with Gasteiger partial charge < -0.3 is 5.32 Å². The third kappa shape index (κ3) is 2.01. The Morgan fingerprint density at radius 3 is 2.83 bits per heavy atom. The molecule has 1 aliphatic heterocycles. The second-order valence-corrected chi connectivity index (χ2v) is 5.30. The summed E-state index contributed by atoms with van der Waals surface area (Å²) >= 11 is 0. The van der Waals surface area contributed by atoms with Gasteiger partial charge in [0.1, 0.15) is 0 Å². The van der Waals surface area contributed by atoms with Crippen LogP contribution in [-0.4, -0.2) is 0 Å². The van der Waals surface area contributed by atoms with Crippen molar-refractivity contribution >= 4 is 11.3 Å². The summed E-state index contributed by atoms with van der Waals surface area (Å²) in [5, 5.41) is 3.46. The molecule has 1 nitrogen and oxygen atoms in total. The SMILES string of the molecule is C=C1CCCc2c(cccc2C2=CC=C(C)C2)N1. The number of nitrogens with one attached hydrogen (secondary N) is 1. The van der Waals surface area contributed by atoms with Crippen LogP contribution in [0.25, 0.3) is 5.57 Å². The van der Waals surface area contributed by atoms with E-state index in [1.807, 2.05) is 0 Å². The van der Waals surface area contributed by atoms with E-state index in [-0.39, 0.29) is 0 Å². The zero-order valence-electron chi connectivity index (χ0n) is 10.9. The number of rotatable bonds is 1. The summed E-state index contributed by atoms with van der Waals surface area (Å²) in [7, 11) is 0. The number of allylic oxidation sites excluding steroid dienone is 5. The Bertz CT molecular complexity index is 561. The molecule has 0 bridgehead atoms. The van der Waals surface area contributed by atoms with Gasteiger partial charge in [-0.3, -0.25) is 0 Å². The molecule has 0 fully saturated rings. The molecule has 18 heavy (non-hydrogen) atoms. The summed E-state index contributed by atoms with van der Waals surface area (Å²) < 4.78 is 0. The highest BCUT2D eigenvalue weighted by molar-refractivity contribution is 5.78. The number of anilines is 1. The van der Waals surface area contributed by atoms with Gasteiger partial charge in [-0.1, -0.05) is 36.4 Å². The lowest BCUT2D eigenvalue weighted by atomic mass is 9.94. The second kappa shape index (κ2) is 4.49. The van der Waals surface area contributed by atoms with Crippen LogP contribution in [0.2, 0.25) is 0 Å². The van der Waals surface area contributed by atoms with Gasteiger partial charge in [0.25, 0.3) is 0 Å². The van der Waals surface area contributed by atoms with Crippen molar-refractivity contribution in [2.45, 2.75) is 32.6 Å². The quantitative estimate of drug-likeness (QED) is 0.747. The molecule has 0 amide bonds. The fraction of sp³-hybridized carbons (Fsp3) is 0.294. The van der Waals surface area contributed by atoms with Crippen LogP contribution in [0.3, 0.4) is 0 Å². The van der Waals surface area contributed by atoms with E-state index >= 15 is 0 Å². The zero-order valence-corrected chi connectivity index (χ0v) is 10.9. The minimum absolute atomic E-state index is 1.07. The van der Waals surface area contributed by atoms with Gasteiger partial charge in [-0.15, -0.1) is 0 Å². The lowest BCUT2D eigenvalue weighted by Gasteiger charge is -2.14. The Balaban J connectivity index is 2.02. The van der Waals surface area contributed by atoms with Crippen molar-refractivity contribution < 1.29 is 0 Å². The Labute approximate surface area is 109 Å². The van der Waals surface area contributed by atoms with Gasteiger partial charge in [0.05, 0.1) is 0 Å². The summed E-state index contributed by atoms with van der Waals surface area (Å²) in [5.41, 5.74) is 8.18. The van der Waals surface area contributed by atoms with E-state index < -0.39 is 0 Å². The molecule has 1 aromatic rings. The molecule has 0 spiro atoms. The van der Waals surface area contributed by atoms with E-state index in [4.69, 9.17) is 0 Å². The first-order chi connectivity index (χ1) is 8.74. The van der Waals surface area contributed by atoms with E-state index in [1.54, 1.807) is 0 Å². The molecule has 1 N–H and O–H groups in total. The molecule has 1 aliphatic carbocycles. The van der Waals surface area contributed by atoms with Crippen LogP contribution in [0.1, 0.15) is 37.3 Å². The van der Waals surface area contributed by atoms with Crippen LogP contribution in [-0.2, 0) is 6.42 Å². The lowest BCUT2D eigenvalue weighted by Crippen LogP contribution is -1.99. The minimum atomic E-state index is 1.07. The number of hydrogen-bond acceptors (Lipinski definition) is 1. The predicted octanol–water partition coefficient (Wildman–Crippen LogP) is 4.68. The highest BCUT2D eigenvalue weighted by atomic mass is 14.9. The molecule has 3 rings (SSSR count). The van der Waals surface area contributed by atoms with Crippen LogP contribution < -0.4 is 5.32 Å². The van der Waals surface area contributed by atoms with Gasteiger partial charge in [-0.05, 0) is 55.4 Å². The van der Waals surface area contributed by atoms with E-state index in [1.165, 1.54) is 34.4 Å². The molecule has 0 unspecified atom stereocenters. The van der Waals surface area contributed by atoms with Crippen molar-refractivity contribution in [3.8, 4) is 0 Å². The Kier molecular flexibility index (Phi) is 2.83. The van der Waals surface area contributed by atoms with Crippen molar-refractivity contribution in [1.82, 2.24) is 0 Å². The zero-order chi connectivity index (χ0) is 12.5. The lowest BCUT2D eigenvalue weighted by molar-refractivity contribution is 0.834. The largest absolute Gasteiger partial charge is 0.359 e. The van der Waals surface area contributed by atoms with Gasteiger partial charge in [0.15, 0.2) is 0 Å². The van der Waals surface area contributed by atoms with E-state index in [2.05, 4.69) is 49.2 Å². The minimum Gasteiger partial charge on any atom is -0.359 e. The third-order valence-electron chi connectivity index (χ3n) is 3.78. The van der Waals surface area contributed by atoms with Crippen molar-refractivity contribution in [2.75, 3.05) is 5.32 Å². The monoisotopic (exact) mass is 237 g/mol. The molecule has 92 valence electrons. The average Bonchev–Trinajstić information content (AvgIpc) is 2.68. The molecular formula is C17H19N. The first-order valence-electron chi connectivity index (χ1n) is 6.67. The highest BCUT2D eigenvalue weighted by Crippen LogP contribution is 2.35. The number of hydrogen-bond donors (Lipinski definition) is 1. The highest BCUT2D eigenvalue weighted by Gasteiger charge is 2.16. The van der Waals surface area contributed by atoms with Crippen molar-refractivity contribution in [2.24, 2.45) is 0 Å². The van der Waals surface area contributed by atoms with Gasteiger partial charge in [0, 0.05) is 11.4 Å². The van der Waals surface area contributed by atoms with Crippen LogP contribution in [0, 0.1) is 0 Å². The van der Waals surface area contributed by atoms with Crippen molar-refractivity contribution in [1.29, 1.82) is 0 Å². The predicted molar refractivity (Wildman–Crippen MR) is 78.5 cm³/mol. The van der Waals surface area contributed by atoms with Crippen molar-refractivity contribution in [3.63, 3.8) is 0 Å². The van der Waals surface area contributed by atoms with Crippen molar-refractivity contribution in [3.05, 3.63) is 59.3 Å². The smallest absolute Gasteiger partial charge is 0.0420 e. The molecule has 0 atom stereocenters. The van der Waals surface area contributed by atoms with Crippen LogP contribution in [0.5, 0.6) is 0 Å². The Hall–Kier alpha value is -1.76. The molecule has 0 radical (unpaired) electrons. The first-order valence-corrected chi connectivity index (χ1v) is 6.67. The molecule has 1 heterocycles. The first kappa shape index (κ1) is 11.3. The Morgan fingerprint density at radius 1 is 1.17 bits per heavy atom. The van der Waals surface area contributed by atoms with E-state index in [9.17, 15) is 0 Å². The van der Waals surface area contributed by atoms with E-state index in [0.717, 1.165) is 25.0 Å². The molecule has 0 saturated heterocycles. The van der Waals surface area contributed by atoms with Gasteiger partial charge in [-0.2, -0.15) is 0 Å². The normalized spacial score (nSPS) is 18.6. The standard InChI is InChI=1S/C17H19N/c1-12-9-10-14(11-12)15-6-4-8-17-16(15)7-3-5-13(2)18-17/h4,6,8-10,18H,2-3,5,7,11H2,1H3. The maximum atomic E-state index is 4.08. The molecule has 1 aromatic carbocycles. The van der Waals surface area contributed by atoms with Crippen LogP contribution in [0.15, 0.2) is 48.2 Å². The molecular weight excluding hydrogens is 218 g/mol. The molecule has 0 saturated carbocycles. The van der Waals surface area contributed by atoms with Gasteiger partial charge in [0.2, 0.25) is 0 Å². The molecule has 1 heteroatoms. The third-order valence-corrected chi connectivity index (χ3v) is 3.78. The maximum Gasteiger partial charge on any atom is 0.0420 e. The summed E-state index contributed by atoms with van der Waals surface area (Å²) in [5.74, 6) is 0. The Morgan fingerprint density at radius 2 is 2.06 bits per heavy atom. The average molecular weight is 237 g/mol.